The number of aliphatic carboxylic acids is 1. The third-order valence-corrected chi connectivity index (χ3v) is 3.71. The van der Waals surface area contributed by atoms with Crippen molar-refractivity contribution in [3.05, 3.63) is 59.7 Å². The summed E-state index contributed by atoms with van der Waals surface area (Å²) in [5.41, 5.74) is 2.47. The molecule has 0 aliphatic heterocycles. The number of hydrogen-bond acceptors (Lipinski definition) is 3. The summed E-state index contributed by atoms with van der Waals surface area (Å²) < 4.78 is 5.63. The lowest BCUT2D eigenvalue weighted by molar-refractivity contribution is -0.137. The lowest BCUT2D eigenvalue weighted by atomic mass is 10.1. The molecule has 1 amide bonds. The number of nitrogens with one attached hydrogen (secondary N) is 1. The zero-order chi connectivity index (χ0) is 18.9. The minimum atomic E-state index is -0.833. The monoisotopic (exact) mass is 355 g/mol. The first kappa shape index (κ1) is 19.5. The van der Waals surface area contributed by atoms with Crippen molar-refractivity contribution in [1.82, 2.24) is 0 Å². The van der Waals surface area contributed by atoms with E-state index >= 15 is 0 Å². The Balaban J connectivity index is 1.88. The molecule has 0 aliphatic carbocycles. The maximum absolute atomic E-state index is 12.2. The normalized spacial score (nSPS) is 10.6. The Morgan fingerprint density at radius 3 is 2.46 bits per heavy atom. The van der Waals surface area contributed by atoms with Crippen molar-refractivity contribution >= 4 is 17.6 Å². The molecule has 0 aromatic heterocycles. The van der Waals surface area contributed by atoms with E-state index < -0.39 is 5.97 Å². The van der Waals surface area contributed by atoms with Crippen LogP contribution in [0.5, 0.6) is 5.75 Å². The lowest BCUT2D eigenvalue weighted by Gasteiger charge is -2.10. The first-order chi connectivity index (χ1) is 12.4. The van der Waals surface area contributed by atoms with E-state index in [1.54, 1.807) is 6.07 Å². The van der Waals surface area contributed by atoms with Crippen LogP contribution in [0.3, 0.4) is 0 Å². The standard InChI is InChI=1S/C21H25NO4/c1-15(2)14-26-19-9-6-17(7-10-19)13-20(23)22-18-5-3-4-16(12-18)8-11-21(24)25/h3-7,9-10,12,15H,8,11,13-14H2,1-2H3,(H,22,23)(H,24,25). The Labute approximate surface area is 154 Å². The van der Waals surface area contributed by atoms with Crippen molar-refractivity contribution in [1.29, 1.82) is 0 Å². The molecule has 0 aliphatic rings. The van der Waals surface area contributed by atoms with Gasteiger partial charge in [-0.25, -0.2) is 0 Å². The van der Waals surface area contributed by atoms with Crippen LogP contribution in [0.2, 0.25) is 0 Å². The molecule has 0 saturated carbocycles. The fraction of sp³-hybridized carbons (Fsp3) is 0.333. The maximum Gasteiger partial charge on any atom is 0.303 e. The molecule has 5 heteroatoms. The summed E-state index contributed by atoms with van der Waals surface area (Å²) in [5, 5.41) is 11.6. The molecule has 2 aromatic rings. The zero-order valence-electron chi connectivity index (χ0n) is 15.2. The Bertz CT molecular complexity index is 738. The molecule has 0 saturated heterocycles. The van der Waals surface area contributed by atoms with Crippen molar-refractivity contribution < 1.29 is 19.4 Å². The van der Waals surface area contributed by atoms with Gasteiger partial charge in [0.25, 0.3) is 0 Å². The van der Waals surface area contributed by atoms with Crippen molar-refractivity contribution in [2.75, 3.05) is 11.9 Å². The lowest BCUT2D eigenvalue weighted by Crippen LogP contribution is -2.14. The Kier molecular flexibility index (Phi) is 7.21. The molecule has 2 aromatic carbocycles. The number of carbonyl (C=O) groups excluding carboxylic acids is 1. The average molecular weight is 355 g/mol. The van der Waals surface area contributed by atoms with E-state index in [-0.39, 0.29) is 18.7 Å². The van der Waals surface area contributed by atoms with Gasteiger partial charge in [-0.1, -0.05) is 38.1 Å². The smallest absolute Gasteiger partial charge is 0.303 e. The highest BCUT2D eigenvalue weighted by atomic mass is 16.5. The van der Waals surface area contributed by atoms with Crippen molar-refractivity contribution in [2.45, 2.75) is 33.1 Å². The fourth-order valence-electron chi connectivity index (χ4n) is 2.41. The first-order valence-corrected chi connectivity index (χ1v) is 8.74. The number of aryl methyl sites for hydroxylation is 1. The number of carboxylic acids is 1. The minimum Gasteiger partial charge on any atom is -0.493 e. The summed E-state index contributed by atoms with van der Waals surface area (Å²) in [6.07, 6.45) is 0.781. The Morgan fingerprint density at radius 1 is 1.08 bits per heavy atom. The fourth-order valence-corrected chi connectivity index (χ4v) is 2.41. The van der Waals surface area contributed by atoms with Crippen LogP contribution in [0.15, 0.2) is 48.5 Å². The van der Waals surface area contributed by atoms with Gasteiger partial charge in [0, 0.05) is 12.1 Å². The minimum absolute atomic E-state index is 0.0721. The molecule has 0 fully saturated rings. The van der Waals surface area contributed by atoms with Gasteiger partial charge in [-0.3, -0.25) is 9.59 Å². The van der Waals surface area contributed by atoms with Crippen LogP contribution in [-0.2, 0) is 22.4 Å². The number of carboxylic acid groups (broad SMARTS) is 1. The molecule has 26 heavy (non-hydrogen) atoms. The van der Waals surface area contributed by atoms with E-state index in [1.165, 1.54) is 0 Å². The first-order valence-electron chi connectivity index (χ1n) is 8.74. The van der Waals surface area contributed by atoms with Crippen LogP contribution < -0.4 is 10.1 Å². The van der Waals surface area contributed by atoms with Gasteiger partial charge in [0.2, 0.25) is 5.91 Å². The van der Waals surface area contributed by atoms with E-state index in [2.05, 4.69) is 19.2 Å². The van der Waals surface area contributed by atoms with E-state index in [0.29, 0.717) is 24.6 Å². The number of benzene rings is 2. The highest BCUT2D eigenvalue weighted by Crippen LogP contribution is 2.16. The van der Waals surface area contributed by atoms with Crippen LogP contribution in [0.25, 0.3) is 0 Å². The number of amides is 1. The summed E-state index contributed by atoms with van der Waals surface area (Å²) in [6.45, 7) is 4.85. The van der Waals surface area contributed by atoms with E-state index in [4.69, 9.17) is 9.84 Å². The van der Waals surface area contributed by atoms with Gasteiger partial charge in [0.15, 0.2) is 0 Å². The zero-order valence-corrected chi connectivity index (χ0v) is 15.2. The predicted octanol–water partition coefficient (Wildman–Crippen LogP) is 3.92. The van der Waals surface area contributed by atoms with Crippen LogP contribution in [0, 0.1) is 5.92 Å². The van der Waals surface area contributed by atoms with Crippen LogP contribution in [-0.4, -0.2) is 23.6 Å². The summed E-state index contributed by atoms with van der Waals surface area (Å²) >= 11 is 0. The molecule has 138 valence electrons. The summed E-state index contributed by atoms with van der Waals surface area (Å²) in [6, 6.07) is 14.8. The summed E-state index contributed by atoms with van der Waals surface area (Å²) in [5.74, 6) is 0.317. The molecule has 0 heterocycles. The number of rotatable bonds is 9. The molecular formula is C21H25NO4. The topological polar surface area (TPSA) is 75.6 Å². The molecule has 0 unspecified atom stereocenters. The summed E-state index contributed by atoms with van der Waals surface area (Å²) in [4.78, 5) is 22.9. The van der Waals surface area contributed by atoms with E-state index in [9.17, 15) is 9.59 Å². The second kappa shape index (κ2) is 9.61. The molecule has 2 N–H and O–H groups in total. The number of hydrogen-bond donors (Lipinski definition) is 2. The van der Waals surface area contributed by atoms with Gasteiger partial charge in [-0.05, 0) is 47.7 Å². The van der Waals surface area contributed by atoms with Gasteiger partial charge >= 0.3 is 5.97 Å². The quantitative estimate of drug-likeness (QED) is 0.715. The van der Waals surface area contributed by atoms with Gasteiger partial charge in [0.1, 0.15) is 5.75 Å². The van der Waals surface area contributed by atoms with Crippen molar-refractivity contribution in [3.8, 4) is 5.75 Å². The number of ether oxygens (including phenoxy) is 1. The predicted molar refractivity (Wildman–Crippen MR) is 102 cm³/mol. The van der Waals surface area contributed by atoms with Gasteiger partial charge in [-0.2, -0.15) is 0 Å². The number of anilines is 1. The van der Waals surface area contributed by atoms with E-state index in [0.717, 1.165) is 16.9 Å². The number of carbonyl (C=O) groups is 2. The molecule has 0 radical (unpaired) electrons. The van der Waals surface area contributed by atoms with Crippen LogP contribution >= 0.6 is 0 Å². The van der Waals surface area contributed by atoms with Crippen molar-refractivity contribution in [3.63, 3.8) is 0 Å². The molecule has 2 rings (SSSR count). The molecule has 0 atom stereocenters. The molecule has 0 spiro atoms. The van der Waals surface area contributed by atoms with Crippen molar-refractivity contribution in [2.24, 2.45) is 5.92 Å². The average Bonchev–Trinajstić information content (AvgIpc) is 2.59. The maximum atomic E-state index is 12.2. The Morgan fingerprint density at radius 2 is 1.81 bits per heavy atom. The molecule has 5 nitrogen and oxygen atoms in total. The Hall–Kier alpha value is -2.82. The van der Waals surface area contributed by atoms with Crippen LogP contribution in [0.4, 0.5) is 5.69 Å². The molecule has 0 bridgehead atoms. The second-order valence-electron chi connectivity index (χ2n) is 6.67. The second-order valence-corrected chi connectivity index (χ2v) is 6.67. The SMILES string of the molecule is CC(C)COc1ccc(CC(=O)Nc2cccc(CCC(=O)O)c2)cc1. The highest BCUT2D eigenvalue weighted by Gasteiger charge is 2.06. The third kappa shape index (κ3) is 6.97. The van der Waals surface area contributed by atoms with Crippen LogP contribution in [0.1, 0.15) is 31.4 Å². The van der Waals surface area contributed by atoms with Gasteiger partial charge in [-0.15, -0.1) is 0 Å². The molecular weight excluding hydrogens is 330 g/mol. The third-order valence-electron chi connectivity index (χ3n) is 3.71. The highest BCUT2D eigenvalue weighted by molar-refractivity contribution is 5.92. The van der Waals surface area contributed by atoms with Gasteiger partial charge < -0.3 is 15.2 Å². The largest absolute Gasteiger partial charge is 0.493 e. The summed E-state index contributed by atoms with van der Waals surface area (Å²) in [7, 11) is 0. The van der Waals surface area contributed by atoms with Gasteiger partial charge in [0.05, 0.1) is 13.0 Å². The van der Waals surface area contributed by atoms with E-state index in [1.807, 2.05) is 42.5 Å².